The Morgan fingerprint density at radius 1 is 1.10 bits per heavy atom. The van der Waals surface area contributed by atoms with Crippen molar-refractivity contribution in [3.63, 3.8) is 0 Å². The Bertz CT molecular complexity index is 1150. The highest BCUT2D eigenvalue weighted by Crippen LogP contribution is 2.41. The molecular formula is C22H23F3N3OP. The highest BCUT2D eigenvalue weighted by Gasteiger charge is 2.31. The molecule has 1 aliphatic rings. The summed E-state index contributed by atoms with van der Waals surface area (Å²) in [5, 5.41) is 4.71. The number of hydrogen-bond donors (Lipinski definition) is 1. The SMILES string of the molecule is CC(Nc1nc(C2CC2)nc2ccc(P(C)(C)=O)cc12)c1cccc(C(F)(F)F)c1. The molecule has 0 spiro atoms. The third-order valence-corrected chi connectivity index (χ3v) is 6.85. The van der Waals surface area contributed by atoms with Gasteiger partial charge in [0.25, 0.3) is 0 Å². The molecule has 1 aliphatic carbocycles. The number of benzene rings is 2. The lowest BCUT2D eigenvalue weighted by Gasteiger charge is -2.19. The lowest BCUT2D eigenvalue weighted by molar-refractivity contribution is -0.137. The first kappa shape index (κ1) is 20.9. The van der Waals surface area contributed by atoms with Crippen molar-refractivity contribution in [2.75, 3.05) is 18.6 Å². The minimum atomic E-state index is -4.39. The van der Waals surface area contributed by atoms with Crippen LogP contribution in [0.4, 0.5) is 19.0 Å². The Morgan fingerprint density at radius 2 is 1.83 bits per heavy atom. The number of anilines is 1. The molecule has 4 nitrogen and oxygen atoms in total. The smallest absolute Gasteiger partial charge is 0.363 e. The average Bonchev–Trinajstić information content (AvgIpc) is 3.51. The second-order valence-electron chi connectivity index (χ2n) is 8.25. The summed E-state index contributed by atoms with van der Waals surface area (Å²) >= 11 is 0. The summed E-state index contributed by atoms with van der Waals surface area (Å²) in [6.45, 7) is 5.20. The van der Waals surface area contributed by atoms with E-state index in [-0.39, 0.29) is 0 Å². The number of hydrogen-bond acceptors (Lipinski definition) is 4. The second kappa shape index (κ2) is 7.38. The summed E-state index contributed by atoms with van der Waals surface area (Å²) < 4.78 is 51.9. The molecule has 1 saturated carbocycles. The lowest BCUT2D eigenvalue weighted by atomic mass is 10.0. The molecule has 0 bridgehead atoms. The molecule has 0 amide bonds. The maximum Gasteiger partial charge on any atom is 0.416 e. The minimum absolute atomic E-state index is 0.321. The van der Waals surface area contributed by atoms with Crippen molar-refractivity contribution in [2.45, 2.75) is 37.9 Å². The van der Waals surface area contributed by atoms with Crippen LogP contribution in [0.3, 0.4) is 0 Å². The van der Waals surface area contributed by atoms with Gasteiger partial charge in [0.2, 0.25) is 0 Å². The van der Waals surface area contributed by atoms with E-state index in [0.29, 0.717) is 22.6 Å². The van der Waals surface area contributed by atoms with Gasteiger partial charge < -0.3 is 9.88 Å². The largest absolute Gasteiger partial charge is 0.416 e. The van der Waals surface area contributed by atoms with Gasteiger partial charge in [-0.3, -0.25) is 0 Å². The zero-order valence-corrected chi connectivity index (χ0v) is 17.9. The zero-order valence-electron chi connectivity index (χ0n) is 17.0. The Labute approximate surface area is 173 Å². The van der Waals surface area contributed by atoms with Gasteiger partial charge in [-0.15, -0.1) is 0 Å². The van der Waals surface area contributed by atoms with E-state index in [9.17, 15) is 17.7 Å². The normalized spacial score (nSPS) is 15.9. The summed E-state index contributed by atoms with van der Waals surface area (Å²) in [7, 11) is -2.49. The topological polar surface area (TPSA) is 54.9 Å². The van der Waals surface area contributed by atoms with Crippen LogP contribution < -0.4 is 10.6 Å². The number of alkyl halides is 3. The van der Waals surface area contributed by atoms with E-state index in [2.05, 4.69) is 15.3 Å². The van der Waals surface area contributed by atoms with Crippen LogP contribution >= 0.6 is 7.14 Å². The van der Waals surface area contributed by atoms with Gasteiger partial charge >= 0.3 is 6.18 Å². The van der Waals surface area contributed by atoms with Crippen LogP contribution in [0.2, 0.25) is 0 Å². The van der Waals surface area contributed by atoms with Gasteiger partial charge in [0.1, 0.15) is 18.8 Å². The van der Waals surface area contributed by atoms with Crippen LogP contribution in [0.15, 0.2) is 42.5 Å². The molecule has 4 rings (SSSR count). The Hall–Kier alpha value is -2.40. The highest BCUT2D eigenvalue weighted by molar-refractivity contribution is 7.70. The number of aromatic nitrogens is 2. The van der Waals surface area contributed by atoms with E-state index in [1.165, 1.54) is 6.07 Å². The summed E-state index contributed by atoms with van der Waals surface area (Å²) in [6, 6.07) is 10.4. The first-order valence-electron chi connectivity index (χ1n) is 9.83. The van der Waals surface area contributed by atoms with Gasteiger partial charge in [0.15, 0.2) is 0 Å². The fourth-order valence-electron chi connectivity index (χ4n) is 3.38. The maximum atomic E-state index is 13.1. The highest BCUT2D eigenvalue weighted by atomic mass is 31.2. The van der Waals surface area contributed by atoms with Crippen LogP contribution in [0.5, 0.6) is 0 Å². The third-order valence-electron chi connectivity index (χ3n) is 5.33. The van der Waals surface area contributed by atoms with E-state index in [1.54, 1.807) is 26.3 Å². The number of fused-ring (bicyclic) bond motifs is 1. The molecule has 0 aliphatic heterocycles. The van der Waals surface area contributed by atoms with Crippen LogP contribution in [0.25, 0.3) is 10.9 Å². The lowest BCUT2D eigenvalue weighted by Crippen LogP contribution is -2.13. The van der Waals surface area contributed by atoms with Crippen molar-refractivity contribution in [3.8, 4) is 0 Å². The van der Waals surface area contributed by atoms with Gasteiger partial charge in [-0.05, 0) is 69.0 Å². The summed E-state index contributed by atoms with van der Waals surface area (Å²) in [4.78, 5) is 9.35. The minimum Gasteiger partial charge on any atom is -0.363 e. The number of nitrogens with one attached hydrogen (secondary N) is 1. The first-order valence-corrected chi connectivity index (χ1v) is 12.4. The molecule has 3 aromatic rings. The molecule has 0 radical (unpaired) electrons. The molecule has 0 saturated heterocycles. The number of nitrogens with zero attached hydrogens (tertiary/aromatic N) is 2. The Morgan fingerprint density at radius 3 is 2.47 bits per heavy atom. The van der Waals surface area contributed by atoms with Gasteiger partial charge in [-0.1, -0.05) is 12.1 Å². The van der Waals surface area contributed by atoms with E-state index < -0.39 is 24.9 Å². The van der Waals surface area contributed by atoms with Crippen molar-refractivity contribution in [1.29, 1.82) is 0 Å². The van der Waals surface area contributed by atoms with Crippen molar-refractivity contribution in [3.05, 3.63) is 59.4 Å². The Balaban J connectivity index is 1.76. The molecular weight excluding hydrogens is 410 g/mol. The molecule has 1 N–H and O–H groups in total. The molecule has 2 aromatic carbocycles. The predicted molar refractivity (Wildman–Crippen MR) is 114 cm³/mol. The van der Waals surface area contributed by atoms with E-state index in [4.69, 9.17) is 0 Å². The standard InChI is InChI=1S/C22H23F3N3OP/c1-13(15-5-4-6-16(11-15)22(23,24)25)26-21-18-12-17(30(2,3)29)9-10-19(18)27-20(28-21)14-7-8-14/h4-6,9-14H,7-8H2,1-3H3,(H,26,27,28). The monoisotopic (exact) mass is 433 g/mol. The van der Waals surface area contributed by atoms with Crippen LogP contribution in [0.1, 0.15) is 48.7 Å². The second-order valence-corrected chi connectivity index (χ2v) is 11.5. The van der Waals surface area contributed by atoms with Crippen LogP contribution in [-0.2, 0) is 10.7 Å². The molecule has 30 heavy (non-hydrogen) atoms. The molecule has 1 aromatic heterocycles. The molecule has 1 atom stereocenters. The number of rotatable bonds is 5. The number of halogens is 3. The quantitative estimate of drug-likeness (QED) is 0.506. The van der Waals surface area contributed by atoms with Gasteiger partial charge in [0, 0.05) is 22.7 Å². The average molecular weight is 433 g/mol. The molecule has 1 heterocycles. The van der Waals surface area contributed by atoms with Gasteiger partial charge in [-0.25, -0.2) is 9.97 Å². The summed E-state index contributed by atoms with van der Waals surface area (Å²) in [5.41, 5.74) is 0.570. The van der Waals surface area contributed by atoms with E-state index in [1.807, 2.05) is 18.2 Å². The molecule has 1 unspecified atom stereocenters. The van der Waals surface area contributed by atoms with Gasteiger partial charge in [-0.2, -0.15) is 13.2 Å². The van der Waals surface area contributed by atoms with Crippen molar-refractivity contribution in [1.82, 2.24) is 9.97 Å². The summed E-state index contributed by atoms with van der Waals surface area (Å²) in [6.07, 6.45) is -2.33. The predicted octanol–water partition coefficient (Wildman–Crippen LogP) is 5.95. The van der Waals surface area contributed by atoms with E-state index >= 15 is 0 Å². The molecule has 158 valence electrons. The van der Waals surface area contributed by atoms with Crippen molar-refractivity contribution >= 4 is 29.2 Å². The fourth-order valence-corrected chi connectivity index (χ4v) is 4.25. The van der Waals surface area contributed by atoms with Crippen LogP contribution in [-0.4, -0.2) is 23.3 Å². The van der Waals surface area contributed by atoms with Crippen molar-refractivity contribution < 1.29 is 17.7 Å². The molecule has 1 fully saturated rings. The Kier molecular flexibility index (Phi) is 5.13. The first-order chi connectivity index (χ1) is 14.0. The van der Waals surface area contributed by atoms with Crippen LogP contribution in [0, 0.1) is 0 Å². The maximum absolute atomic E-state index is 13.1. The summed E-state index contributed by atoms with van der Waals surface area (Å²) in [5.74, 6) is 1.62. The zero-order chi connectivity index (χ0) is 21.7. The fraction of sp³-hybridized carbons (Fsp3) is 0.364. The van der Waals surface area contributed by atoms with Gasteiger partial charge in [0.05, 0.1) is 11.1 Å². The van der Waals surface area contributed by atoms with E-state index in [0.717, 1.165) is 41.7 Å². The third kappa shape index (κ3) is 4.36. The van der Waals surface area contributed by atoms with Crippen molar-refractivity contribution in [2.24, 2.45) is 0 Å². The molecule has 8 heteroatoms.